The van der Waals surface area contributed by atoms with Crippen molar-refractivity contribution in [3.63, 3.8) is 0 Å². The van der Waals surface area contributed by atoms with Crippen LogP contribution in [0.25, 0.3) is 0 Å². The molecular formula is C14H19N5O5S. The molecule has 0 aliphatic carbocycles. The Morgan fingerprint density at radius 1 is 1.32 bits per heavy atom. The number of nitrogens with one attached hydrogen (secondary N) is 1. The van der Waals surface area contributed by atoms with Gasteiger partial charge in [-0.25, -0.2) is 8.42 Å². The van der Waals surface area contributed by atoms with Gasteiger partial charge in [-0.3, -0.25) is 4.79 Å². The fourth-order valence-electron chi connectivity index (χ4n) is 2.42. The first-order chi connectivity index (χ1) is 12.0. The molecule has 1 amide bonds. The van der Waals surface area contributed by atoms with Crippen LogP contribution in [0.3, 0.4) is 0 Å². The fraction of sp³-hybridized carbons (Fsp3) is 0.500. The van der Waals surface area contributed by atoms with Crippen molar-refractivity contribution in [2.75, 3.05) is 26.3 Å². The van der Waals surface area contributed by atoms with E-state index in [2.05, 4.69) is 15.5 Å². The van der Waals surface area contributed by atoms with E-state index in [-0.39, 0.29) is 30.5 Å². The predicted molar refractivity (Wildman–Crippen MR) is 85.2 cm³/mol. The Kier molecular flexibility index (Phi) is 5.16. The number of amides is 1. The summed E-state index contributed by atoms with van der Waals surface area (Å²) in [5, 5.41) is 10.1. The third kappa shape index (κ3) is 3.72. The molecule has 0 bridgehead atoms. The second kappa shape index (κ2) is 7.33. The summed E-state index contributed by atoms with van der Waals surface area (Å²) in [6.45, 7) is 3.98. The van der Waals surface area contributed by atoms with Crippen LogP contribution in [0.2, 0.25) is 0 Å². The van der Waals surface area contributed by atoms with E-state index in [4.69, 9.17) is 9.15 Å². The first kappa shape index (κ1) is 17.6. The molecule has 0 spiro atoms. The number of hydrogen-bond donors (Lipinski definition) is 1. The zero-order valence-corrected chi connectivity index (χ0v) is 14.5. The molecule has 136 valence electrons. The number of aromatic nitrogens is 3. The van der Waals surface area contributed by atoms with E-state index in [1.54, 1.807) is 10.9 Å². The Labute approximate surface area is 144 Å². The van der Waals surface area contributed by atoms with Crippen molar-refractivity contribution in [1.29, 1.82) is 0 Å². The first-order valence-corrected chi connectivity index (χ1v) is 9.29. The highest BCUT2D eigenvalue weighted by Crippen LogP contribution is 2.19. The lowest BCUT2D eigenvalue weighted by Crippen LogP contribution is -2.40. The molecule has 1 N–H and O–H groups in total. The van der Waals surface area contributed by atoms with E-state index in [1.165, 1.54) is 16.4 Å². The molecule has 25 heavy (non-hydrogen) atoms. The van der Waals surface area contributed by atoms with Crippen LogP contribution in [0.5, 0.6) is 0 Å². The summed E-state index contributed by atoms with van der Waals surface area (Å²) in [5.41, 5.74) is 0. The van der Waals surface area contributed by atoms with Crippen LogP contribution in [-0.2, 0) is 27.8 Å². The molecule has 1 aliphatic rings. The van der Waals surface area contributed by atoms with E-state index >= 15 is 0 Å². The lowest BCUT2D eigenvalue weighted by Gasteiger charge is -2.24. The number of ether oxygens (including phenoxy) is 1. The minimum atomic E-state index is -3.76. The molecule has 1 saturated heterocycles. The predicted octanol–water partition coefficient (Wildman–Crippen LogP) is -0.158. The number of carbonyl (C=O) groups is 1. The molecule has 3 rings (SSSR count). The summed E-state index contributed by atoms with van der Waals surface area (Å²) in [4.78, 5) is 12.2. The summed E-state index contributed by atoms with van der Waals surface area (Å²) < 4.78 is 38.4. The van der Waals surface area contributed by atoms with Crippen LogP contribution in [-0.4, -0.2) is 59.7 Å². The Balaban J connectivity index is 1.67. The fourth-order valence-corrected chi connectivity index (χ4v) is 3.74. The Hall–Kier alpha value is -2.24. The Bertz CT molecular complexity index is 837. The molecule has 2 aromatic heterocycles. The molecule has 11 heteroatoms. The quantitative estimate of drug-likeness (QED) is 0.751. The summed E-state index contributed by atoms with van der Waals surface area (Å²) in [5.74, 6) is 0.00652. The van der Waals surface area contributed by atoms with Crippen molar-refractivity contribution in [2.24, 2.45) is 0 Å². The lowest BCUT2D eigenvalue weighted by molar-refractivity contribution is 0.0722. The van der Waals surface area contributed by atoms with Crippen molar-refractivity contribution >= 4 is 15.9 Å². The van der Waals surface area contributed by atoms with Crippen molar-refractivity contribution in [2.45, 2.75) is 25.1 Å². The minimum Gasteiger partial charge on any atom is -0.438 e. The highest BCUT2D eigenvalue weighted by atomic mass is 32.2. The average molecular weight is 369 g/mol. The van der Waals surface area contributed by atoms with Crippen molar-refractivity contribution in [3.05, 3.63) is 30.0 Å². The molecule has 3 heterocycles. The van der Waals surface area contributed by atoms with E-state index in [0.29, 0.717) is 25.6 Å². The van der Waals surface area contributed by atoms with Crippen molar-refractivity contribution in [1.82, 2.24) is 24.4 Å². The van der Waals surface area contributed by atoms with E-state index in [0.717, 1.165) is 0 Å². The Morgan fingerprint density at radius 2 is 2.08 bits per heavy atom. The monoisotopic (exact) mass is 369 g/mol. The van der Waals surface area contributed by atoms with Gasteiger partial charge in [0.2, 0.25) is 5.09 Å². The van der Waals surface area contributed by atoms with E-state index < -0.39 is 15.9 Å². The lowest BCUT2D eigenvalue weighted by atomic mass is 10.4. The third-order valence-corrected chi connectivity index (χ3v) is 5.59. The number of morpholine rings is 1. The summed E-state index contributed by atoms with van der Waals surface area (Å²) in [6, 6.07) is 2.63. The number of hydrogen-bond acceptors (Lipinski definition) is 7. The number of sulfonamides is 1. The van der Waals surface area contributed by atoms with Crippen molar-refractivity contribution < 1.29 is 22.4 Å². The number of aryl methyl sites for hydroxylation is 1. The second-order valence-corrected chi connectivity index (χ2v) is 7.22. The Morgan fingerprint density at radius 3 is 2.80 bits per heavy atom. The highest BCUT2D eigenvalue weighted by molar-refractivity contribution is 7.89. The van der Waals surface area contributed by atoms with Gasteiger partial charge < -0.3 is 19.0 Å². The smallest absolute Gasteiger partial charge is 0.287 e. The van der Waals surface area contributed by atoms with Crippen LogP contribution in [0.4, 0.5) is 0 Å². The number of rotatable bonds is 6. The van der Waals surface area contributed by atoms with Gasteiger partial charge in [-0.15, -0.1) is 10.2 Å². The molecule has 0 saturated carbocycles. The van der Waals surface area contributed by atoms with Crippen LogP contribution in [0, 0.1) is 0 Å². The topological polar surface area (TPSA) is 120 Å². The van der Waals surface area contributed by atoms with Gasteiger partial charge in [0.05, 0.1) is 19.8 Å². The maximum absolute atomic E-state index is 12.5. The highest BCUT2D eigenvalue weighted by Gasteiger charge is 2.30. The van der Waals surface area contributed by atoms with Crippen molar-refractivity contribution in [3.8, 4) is 0 Å². The largest absolute Gasteiger partial charge is 0.438 e. The maximum atomic E-state index is 12.5. The standard InChI is InChI=1S/C14H19N5O5S/c1-2-18-10-16-17-12(18)9-15-14(20)11-3-4-13(24-11)25(21,22)19-5-7-23-8-6-19/h3-4,10H,2,5-9H2,1H3,(H,15,20). The normalized spacial score (nSPS) is 16.0. The molecule has 0 unspecified atom stereocenters. The molecule has 0 atom stereocenters. The van der Waals surface area contributed by atoms with Gasteiger partial charge in [0.25, 0.3) is 15.9 Å². The number of carbonyl (C=O) groups excluding carboxylic acids is 1. The molecule has 2 aromatic rings. The summed E-state index contributed by atoms with van der Waals surface area (Å²) in [6.07, 6.45) is 1.57. The van der Waals surface area contributed by atoms with Gasteiger partial charge in [-0.05, 0) is 19.1 Å². The molecule has 1 aliphatic heterocycles. The molecule has 10 nitrogen and oxygen atoms in total. The molecular weight excluding hydrogens is 350 g/mol. The molecule has 1 fully saturated rings. The van der Waals surface area contributed by atoms with Gasteiger partial charge >= 0.3 is 0 Å². The van der Waals surface area contributed by atoms with Gasteiger partial charge in [-0.2, -0.15) is 4.31 Å². The van der Waals surface area contributed by atoms with Crippen LogP contribution in [0.15, 0.2) is 28.0 Å². The number of furan rings is 1. The van der Waals surface area contributed by atoms with Crippen LogP contribution < -0.4 is 5.32 Å². The SMILES string of the molecule is CCn1cnnc1CNC(=O)c1ccc(S(=O)(=O)N2CCOCC2)o1. The molecule has 0 aromatic carbocycles. The number of nitrogens with zero attached hydrogens (tertiary/aromatic N) is 4. The summed E-state index contributed by atoms with van der Waals surface area (Å²) >= 11 is 0. The van der Waals surface area contributed by atoms with Gasteiger partial charge in [0, 0.05) is 19.6 Å². The summed E-state index contributed by atoms with van der Waals surface area (Å²) in [7, 11) is -3.76. The van der Waals surface area contributed by atoms with Gasteiger partial charge in [0.1, 0.15) is 6.33 Å². The third-order valence-electron chi connectivity index (χ3n) is 3.81. The zero-order valence-electron chi connectivity index (χ0n) is 13.7. The molecule has 0 radical (unpaired) electrons. The van der Waals surface area contributed by atoms with Crippen LogP contribution >= 0.6 is 0 Å². The van der Waals surface area contributed by atoms with Crippen LogP contribution in [0.1, 0.15) is 23.3 Å². The van der Waals surface area contributed by atoms with Gasteiger partial charge in [-0.1, -0.05) is 0 Å². The second-order valence-electron chi connectivity index (χ2n) is 5.35. The van der Waals surface area contributed by atoms with E-state index in [9.17, 15) is 13.2 Å². The van der Waals surface area contributed by atoms with E-state index in [1.807, 2.05) is 6.92 Å². The first-order valence-electron chi connectivity index (χ1n) is 7.85. The average Bonchev–Trinajstić information content (AvgIpc) is 3.29. The zero-order chi connectivity index (χ0) is 17.9. The minimum absolute atomic E-state index is 0.0746. The van der Waals surface area contributed by atoms with Gasteiger partial charge in [0.15, 0.2) is 11.6 Å². The maximum Gasteiger partial charge on any atom is 0.287 e.